The van der Waals surface area contributed by atoms with Crippen LogP contribution in [0.2, 0.25) is 0 Å². The molecule has 6 heteroatoms. The van der Waals surface area contributed by atoms with E-state index in [-0.39, 0.29) is 12.5 Å². The highest BCUT2D eigenvalue weighted by Crippen LogP contribution is 2.22. The number of nitrogens with zero attached hydrogens (tertiary/aromatic N) is 1. The van der Waals surface area contributed by atoms with E-state index in [0.29, 0.717) is 26.1 Å². The first-order valence-corrected chi connectivity index (χ1v) is 9.01. The average Bonchev–Trinajstić information content (AvgIpc) is 3.09. The van der Waals surface area contributed by atoms with Gasteiger partial charge in [0, 0.05) is 6.54 Å². The fourth-order valence-corrected chi connectivity index (χ4v) is 2.79. The van der Waals surface area contributed by atoms with Gasteiger partial charge in [-0.1, -0.05) is 24.3 Å². The quantitative estimate of drug-likeness (QED) is 0.642. The summed E-state index contributed by atoms with van der Waals surface area (Å²) in [6.07, 6.45) is 2.07. The molecule has 0 saturated heterocycles. The van der Waals surface area contributed by atoms with E-state index < -0.39 is 11.4 Å². The SMILES string of the molecule is CCOC(=O)CN(Cc1ccc(CC(C)(C)C(=O)O)cc1)Cc1ccco1. The van der Waals surface area contributed by atoms with E-state index in [4.69, 9.17) is 9.15 Å². The molecule has 1 aromatic heterocycles. The second kappa shape index (κ2) is 9.37. The molecular weight excluding hydrogens is 346 g/mol. The number of carbonyl (C=O) groups excluding carboxylic acids is 1. The molecule has 1 heterocycles. The van der Waals surface area contributed by atoms with Crippen molar-refractivity contribution in [1.29, 1.82) is 0 Å². The Morgan fingerprint density at radius 1 is 1.11 bits per heavy atom. The number of ether oxygens (including phenoxy) is 1. The van der Waals surface area contributed by atoms with Crippen molar-refractivity contribution in [3.8, 4) is 0 Å². The third-order valence-corrected chi connectivity index (χ3v) is 4.27. The van der Waals surface area contributed by atoms with Crippen molar-refractivity contribution in [3.63, 3.8) is 0 Å². The van der Waals surface area contributed by atoms with Crippen LogP contribution in [0.25, 0.3) is 0 Å². The van der Waals surface area contributed by atoms with E-state index in [1.54, 1.807) is 27.0 Å². The number of furan rings is 1. The Morgan fingerprint density at radius 3 is 2.33 bits per heavy atom. The molecular formula is C21H27NO5. The first-order chi connectivity index (χ1) is 12.8. The normalized spacial score (nSPS) is 11.6. The second-order valence-electron chi connectivity index (χ2n) is 7.21. The summed E-state index contributed by atoms with van der Waals surface area (Å²) in [6, 6.07) is 11.5. The molecule has 2 aromatic rings. The monoisotopic (exact) mass is 373 g/mol. The highest BCUT2D eigenvalue weighted by Gasteiger charge is 2.27. The lowest BCUT2D eigenvalue weighted by Gasteiger charge is -2.21. The van der Waals surface area contributed by atoms with Gasteiger partial charge in [0.15, 0.2) is 0 Å². The number of rotatable bonds is 10. The zero-order valence-corrected chi connectivity index (χ0v) is 16.1. The minimum Gasteiger partial charge on any atom is -0.481 e. The largest absolute Gasteiger partial charge is 0.481 e. The Bertz CT molecular complexity index is 734. The van der Waals surface area contributed by atoms with Crippen molar-refractivity contribution in [3.05, 3.63) is 59.5 Å². The van der Waals surface area contributed by atoms with E-state index in [2.05, 4.69) is 0 Å². The predicted molar refractivity (Wildman–Crippen MR) is 101 cm³/mol. The van der Waals surface area contributed by atoms with Crippen molar-refractivity contribution >= 4 is 11.9 Å². The van der Waals surface area contributed by atoms with Gasteiger partial charge in [0.1, 0.15) is 5.76 Å². The Balaban J connectivity index is 2.05. The van der Waals surface area contributed by atoms with Gasteiger partial charge in [0.2, 0.25) is 0 Å². The molecule has 0 saturated carbocycles. The third kappa shape index (κ3) is 6.57. The molecule has 0 spiro atoms. The van der Waals surface area contributed by atoms with Crippen LogP contribution in [0.3, 0.4) is 0 Å². The van der Waals surface area contributed by atoms with Crippen LogP contribution < -0.4 is 0 Å². The van der Waals surface area contributed by atoms with E-state index in [1.165, 1.54) is 0 Å². The van der Waals surface area contributed by atoms with Crippen LogP contribution in [0.4, 0.5) is 0 Å². The summed E-state index contributed by atoms with van der Waals surface area (Å²) in [7, 11) is 0. The Hall–Kier alpha value is -2.60. The summed E-state index contributed by atoms with van der Waals surface area (Å²) in [6.45, 7) is 6.79. The van der Waals surface area contributed by atoms with E-state index >= 15 is 0 Å². The van der Waals surface area contributed by atoms with Gasteiger partial charge in [-0.2, -0.15) is 0 Å². The minimum absolute atomic E-state index is 0.169. The molecule has 0 amide bonds. The van der Waals surface area contributed by atoms with Gasteiger partial charge in [-0.3, -0.25) is 14.5 Å². The van der Waals surface area contributed by atoms with Crippen LogP contribution in [0.5, 0.6) is 0 Å². The lowest BCUT2D eigenvalue weighted by atomic mass is 9.86. The standard InChI is InChI=1S/C21H27NO5/c1-4-26-19(23)15-22(14-18-6-5-11-27-18)13-17-9-7-16(8-10-17)12-21(2,3)20(24)25/h5-11H,4,12-15H2,1-3H3,(H,24,25). The molecule has 0 aliphatic rings. The van der Waals surface area contributed by atoms with E-state index in [0.717, 1.165) is 16.9 Å². The maximum Gasteiger partial charge on any atom is 0.320 e. The van der Waals surface area contributed by atoms with E-state index in [9.17, 15) is 14.7 Å². The summed E-state index contributed by atoms with van der Waals surface area (Å²) in [5, 5.41) is 9.27. The number of carboxylic acids is 1. The van der Waals surface area contributed by atoms with Crippen molar-refractivity contribution in [1.82, 2.24) is 4.90 Å². The van der Waals surface area contributed by atoms with Gasteiger partial charge in [-0.05, 0) is 50.5 Å². The lowest BCUT2D eigenvalue weighted by Crippen LogP contribution is -2.30. The van der Waals surface area contributed by atoms with Crippen LogP contribution >= 0.6 is 0 Å². The molecule has 6 nitrogen and oxygen atoms in total. The van der Waals surface area contributed by atoms with Crippen LogP contribution in [0.15, 0.2) is 47.1 Å². The highest BCUT2D eigenvalue weighted by atomic mass is 16.5. The summed E-state index contributed by atoms with van der Waals surface area (Å²) >= 11 is 0. The molecule has 0 bridgehead atoms. The predicted octanol–water partition coefficient (Wildman–Crippen LogP) is 3.50. The smallest absolute Gasteiger partial charge is 0.320 e. The summed E-state index contributed by atoms with van der Waals surface area (Å²) < 4.78 is 10.4. The van der Waals surface area contributed by atoms with Crippen molar-refractivity contribution < 1.29 is 23.8 Å². The first-order valence-electron chi connectivity index (χ1n) is 9.01. The van der Waals surface area contributed by atoms with Gasteiger partial charge < -0.3 is 14.3 Å². The number of hydrogen-bond donors (Lipinski definition) is 1. The zero-order valence-electron chi connectivity index (χ0n) is 16.1. The minimum atomic E-state index is -0.814. The Labute approximate surface area is 159 Å². The fourth-order valence-electron chi connectivity index (χ4n) is 2.79. The molecule has 1 N–H and O–H groups in total. The Kier molecular flexibility index (Phi) is 7.19. The molecule has 0 aliphatic carbocycles. The molecule has 0 radical (unpaired) electrons. The molecule has 0 atom stereocenters. The number of esters is 1. The van der Waals surface area contributed by atoms with Crippen LogP contribution in [0.1, 0.15) is 37.7 Å². The molecule has 2 rings (SSSR count). The van der Waals surface area contributed by atoms with Crippen molar-refractivity contribution in [2.24, 2.45) is 5.41 Å². The van der Waals surface area contributed by atoms with Gasteiger partial charge in [-0.15, -0.1) is 0 Å². The number of carbonyl (C=O) groups is 2. The zero-order chi connectivity index (χ0) is 19.9. The maximum absolute atomic E-state index is 11.9. The van der Waals surface area contributed by atoms with Crippen molar-refractivity contribution in [2.45, 2.75) is 40.3 Å². The summed E-state index contributed by atoms with van der Waals surface area (Å²) in [5.41, 5.74) is 1.19. The number of benzene rings is 1. The molecule has 146 valence electrons. The van der Waals surface area contributed by atoms with Crippen LogP contribution in [-0.2, 0) is 33.8 Å². The third-order valence-electron chi connectivity index (χ3n) is 4.27. The number of hydrogen-bond acceptors (Lipinski definition) is 5. The van der Waals surface area contributed by atoms with Crippen LogP contribution in [0, 0.1) is 5.41 Å². The van der Waals surface area contributed by atoms with Crippen molar-refractivity contribution in [2.75, 3.05) is 13.2 Å². The van der Waals surface area contributed by atoms with Gasteiger partial charge in [0.25, 0.3) is 0 Å². The number of carboxylic acid groups (broad SMARTS) is 1. The lowest BCUT2D eigenvalue weighted by molar-refractivity contribution is -0.147. The molecule has 0 fully saturated rings. The molecule has 1 aromatic carbocycles. The topological polar surface area (TPSA) is 80.0 Å². The first kappa shape index (κ1) is 20.7. The molecule has 27 heavy (non-hydrogen) atoms. The summed E-state index contributed by atoms with van der Waals surface area (Å²) in [4.78, 5) is 25.1. The number of aliphatic carboxylic acids is 1. The average molecular weight is 373 g/mol. The molecule has 0 aliphatic heterocycles. The highest BCUT2D eigenvalue weighted by molar-refractivity contribution is 5.74. The molecule has 0 unspecified atom stereocenters. The second-order valence-corrected chi connectivity index (χ2v) is 7.21. The Morgan fingerprint density at radius 2 is 1.78 bits per heavy atom. The van der Waals surface area contributed by atoms with Crippen LogP contribution in [-0.4, -0.2) is 35.1 Å². The van der Waals surface area contributed by atoms with Gasteiger partial charge in [0.05, 0.1) is 31.4 Å². The maximum atomic E-state index is 11.9. The van der Waals surface area contributed by atoms with Gasteiger partial charge >= 0.3 is 11.9 Å². The van der Waals surface area contributed by atoms with Gasteiger partial charge in [-0.25, -0.2) is 0 Å². The van der Waals surface area contributed by atoms with E-state index in [1.807, 2.05) is 41.3 Å². The fraction of sp³-hybridized carbons (Fsp3) is 0.429. The summed E-state index contributed by atoms with van der Waals surface area (Å²) in [5.74, 6) is -0.311.